The summed E-state index contributed by atoms with van der Waals surface area (Å²) >= 11 is 6.38. The van der Waals surface area contributed by atoms with Crippen LogP contribution in [0, 0.1) is 22.2 Å². The molecule has 5 amide bonds. The van der Waals surface area contributed by atoms with Gasteiger partial charge in [-0.1, -0.05) is 18.5 Å². The molecule has 3 aromatic carbocycles. The molecule has 0 radical (unpaired) electrons. The van der Waals surface area contributed by atoms with Crippen molar-refractivity contribution in [2.45, 2.75) is 84.0 Å². The Morgan fingerprint density at radius 2 is 1.52 bits per heavy atom. The molecule has 0 aromatic heterocycles. The first-order valence-corrected chi connectivity index (χ1v) is 20.9. The van der Waals surface area contributed by atoms with Gasteiger partial charge in [-0.2, -0.15) is 5.26 Å². The molecule has 58 heavy (non-hydrogen) atoms. The average molecular weight is 802 g/mol. The number of rotatable bonds is 6. The highest BCUT2D eigenvalue weighted by molar-refractivity contribution is 6.32. The summed E-state index contributed by atoms with van der Waals surface area (Å²) in [7, 11) is 0. The normalized spacial score (nSPS) is 24.0. The van der Waals surface area contributed by atoms with Crippen LogP contribution in [0.5, 0.6) is 0 Å². The summed E-state index contributed by atoms with van der Waals surface area (Å²) in [5, 5.41) is 12.0. The molecular formula is C45H48ClN7O5. The molecule has 9 rings (SSSR count). The molecule has 2 atom stereocenters. The number of anilines is 2. The van der Waals surface area contributed by atoms with E-state index in [-0.39, 0.29) is 29.6 Å². The zero-order chi connectivity index (χ0) is 40.5. The zero-order valence-electron chi connectivity index (χ0n) is 33.1. The lowest BCUT2D eigenvalue weighted by Crippen LogP contribution is -2.54. The van der Waals surface area contributed by atoms with Gasteiger partial charge in [0.25, 0.3) is 17.7 Å². The number of benzene rings is 3. The largest absolute Gasteiger partial charge is 0.371 e. The highest BCUT2D eigenvalue weighted by atomic mass is 35.5. The standard InChI is InChI=1S/C45H48ClN7O5/c1-28-22-45(27-52(28)34-8-5-30(23-47)37(46)21-34)13-17-50(18-14-45)33-6-3-29(4-7-33)41(56)51-15-11-44(2,12-16-51)26-49-24-31-19-35-36(20-32(31)25-49)43(58)53(42(35)57)38-9-10-39(54)48-40(38)55/h3-8,19-21,28,38H,9-18,22,24-27H2,1-2H3,(H,48,54,55)/t28-,38?/m0/s1. The summed E-state index contributed by atoms with van der Waals surface area (Å²) < 4.78 is 0. The van der Waals surface area contributed by atoms with Crippen LogP contribution in [0.4, 0.5) is 11.4 Å². The molecule has 6 heterocycles. The molecule has 0 aliphatic carbocycles. The van der Waals surface area contributed by atoms with Crippen LogP contribution in [0.25, 0.3) is 0 Å². The highest BCUT2D eigenvalue weighted by Gasteiger charge is 2.47. The summed E-state index contributed by atoms with van der Waals surface area (Å²) in [4.78, 5) is 74.8. The van der Waals surface area contributed by atoms with Crippen LogP contribution in [-0.2, 0) is 22.7 Å². The van der Waals surface area contributed by atoms with Crippen LogP contribution in [0.15, 0.2) is 54.6 Å². The first kappa shape index (κ1) is 38.3. The summed E-state index contributed by atoms with van der Waals surface area (Å²) in [5.74, 6) is -1.89. The number of nitrogens with zero attached hydrogens (tertiary/aromatic N) is 6. The van der Waals surface area contributed by atoms with Crippen molar-refractivity contribution in [3.63, 3.8) is 0 Å². The lowest BCUT2D eigenvalue weighted by molar-refractivity contribution is -0.136. The zero-order valence-corrected chi connectivity index (χ0v) is 33.8. The average Bonchev–Trinajstić information content (AvgIpc) is 3.83. The Bertz CT molecular complexity index is 2230. The van der Waals surface area contributed by atoms with E-state index >= 15 is 0 Å². The Labute approximate surface area is 343 Å². The highest BCUT2D eigenvalue weighted by Crippen LogP contribution is 2.46. The molecule has 3 aromatic rings. The number of amides is 5. The van der Waals surface area contributed by atoms with Crippen molar-refractivity contribution in [1.29, 1.82) is 5.26 Å². The number of carbonyl (C=O) groups is 5. The number of likely N-dealkylation sites (tertiary alicyclic amines) is 1. The minimum absolute atomic E-state index is 0.00839. The molecule has 0 bridgehead atoms. The third kappa shape index (κ3) is 6.82. The molecule has 12 nitrogen and oxygen atoms in total. The molecule has 4 fully saturated rings. The van der Waals surface area contributed by atoms with Gasteiger partial charge in [0.1, 0.15) is 12.1 Å². The van der Waals surface area contributed by atoms with E-state index in [1.54, 1.807) is 0 Å². The third-order valence-electron chi connectivity index (χ3n) is 13.9. The number of piperidine rings is 3. The van der Waals surface area contributed by atoms with Crippen LogP contribution >= 0.6 is 11.6 Å². The molecule has 6 aliphatic heterocycles. The van der Waals surface area contributed by atoms with Crippen molar-refractivity contribution in [3.8, 4) is 6.07 Å². The number of hydrogen-bond donors (Lipinski definition) is 1. The Kier molecular flexibility index (Phi) is 9.59. The van der Waals surface area contributed by atoms with Crippen molar-refractivity contribution < 1.29 is 24.0 Å². The maximum atomic E-state index is 13.7. The SMILES string of the molecule is C[C@H]1CC2(CCN(c3ccc(C(=O)N4CCC(C)(CN5Cc6cc7c(cc6C5)C(=O)N(C5CCC(=O)NC5=O)C7=O)CC4)cc3)CC2)CN1c1ccc(C#N)c(Cl)c1. The maximum Gasteiger partial charge on any atom is 0.262 e. The monoisotopic (exact) mass is 801 g/mol. The van der Waals surface area contributed by atoms with E-state index in [2.05, 4.69) is 52.1 Å². The summed E-state index contributed by atoms with van der Waals surface area (Å²) in [6.45, 7) is 11.0. The molecule has 1 spiro atoms. The number of fused-ring (bicyclic) bond motifs is 2. The molecule has 1 N–H and O–H groups in total. The van der Waals surface area contributed by atoms with Gasteiger partial charge in [0.15, 0.2) is 0 Å². The van der Waals surface area contributed by atoms with E-state index < -0.39 is 29.7 Å². The first-order chi connectivity index (χ1) is 27.8. The quantitative estimate of drug-likeness (QED) is 0.309. The Morgan fingerprint density at radius 1 is 0.879 bits per heavy atom. The minimum atomic E-state index is -0.972. The van der Waals surface area contributed by atoms with Crippen LogP contribution in [0.3, 0.4) is 0 Å². The van der Waals surface area contributed by atoms with E-state index in [1.807, 2.05) is 47.4 Å². The molecule has 0 saturated carbocycles. The van der Waals surface area contributed by atoms with Crippen molar-refractivity contribution >= 4 is 52.5 Å². The third-order valence-corrected chi connectivity index (χ3v) is 14.2. The molecular weight excluding hydrogens is 754 g/mol. The predicted octanol–water partition coefficient (Wildman–Crippen LogP) is 5.76. The molecule has 6 aliphatic rings. The fourth-order valence-electron chi connectivity index (χ4n) is 10.5. The minimum Gasteiger partial charge on any atom is -0.371 e. The topological polar surface area (TPSA) is 137 Å². The van der Waals surface area contributed by atoms with Crippen molar-refractivity contribution in [2.24, 2.45) is 10.8 Å². The van der Waals surface area contributed by atoms with Crippen molar-refractivity contribution in [2.75, 3.05) is 49.1 Å². The lowest BCUT2D eigenvalue weighted by Gasteiger charge is -2.41. The smallest absolute Gasteiger partial charge is 0.262 e. The summed E-state index contributed by atoms with van der Waals surface area (Å²) in [6.07, 6.45) is 5.31. The second-order valence-electron chi connectivity index (χ2n) is 17.9. The first-order valence-electron chi connectivity index (χ1n) is 20.5. The van der Waals surface area contributed by atoms with Gasteiger partial charge in [-0.25, -0.2) is 0 Å². The number of imide groups is 2. The number of nitriles is 1. The Balaban J connectivity index is 0.759. The van der Waals surface area contributed by atoms with Gasteiger partial charge >= 0.3 is 0 Å². The van der Waals surface area contributed by atoms with Gasteiger partial charge in [-0.15, -0.1) is 0 Å². The number of halogens is 1. The van der Waals surface area contributed by atoms with Crippen molar-refractivity contribution in [3.05, 3.63) is 93.0 Å². The lowest BCUT2D eigenvalue weighted by atomic mass is 9.76. The molecule has 4 saturated heterocycles. The van der Waals surface area contributed by atoms with E-state index in [9.17, 15) is 29.2 Å². The second-order valence-corrected chi connectivity index (χ2v) is 18.3. The fraction of sp³-hybridized carbons (Fsp3) is 0.467. The number of hydrogen-bond acceptors (Lipinski definition) is 9. The van der Waals surface area contributed by atoms with E-state index in [1.165, 1.54) is 0 Å². The molecule has 300 valence electrons. The van der Waals surface area contributed by atoms with Gasteiger partial charge in [-0.05, 0) is 122 Å². The predicted molar refractivity (Wildman–Crippen MR) is 218 cm³/mol. The summed E-state index contributed by atoms with van der Waals surface area (Å²) in [5.41, 5.74) is 6.38. The van der Waals surface area contributed by atoms with E-state index in [4.69, 9.17) is 11.6 Å². The number of nitrogens with one attached hydrogen (secondary N) is 1. The van der Waals surface area contributed by atoms with Crippen LogP contribution in [0.2, 0.25) is 5.02 Å². The van der Waals surface area contributed by atoms with Crippen LogP contribution < -0.4 is 15.1 Å². The Hall–Kier alpha value is -5.25. The van der Waals surface area contributed by atoms with Gasteiger partial charge in [0, 0.05) is 81.8 Å². The van der Waals surface area contributed by atoms with Gasteiger partial charge in [-0.3, -0.25) is 39.1 Å². The van der Waals surface area contributed by atoms with Crippen LogP contribution in [0.1, 0.15) is 107 Å². The maximum absolute atomic E-state index is 13.7. The van der Waals surface area contributed by atoms with Gasteiger partial charge in [0.2, 0.25) is 11.8 Å². The fourth-order valence-corrected chi connectivity index (χ4v) is 10.8. The van der Waals surface area contributed by atoms with Crippen LogP contribution in [-0.4, -0.2) is 95.6 Å². The van der Waals surface area contributed by atoms with Gasteiger partial charge < -0.3 is 14.7 Å². The second kappa shape index (κ2) is 14.5. The number of carbonyl (C=O) groups excluding carboxylic acids is 5. The van der Waals surface area contributed by atoms with Crippen molar-refractivity contribution in [1.82, 2.24) is 20.0 Å². The molecule has 1 unspecified atom stereocenters. The summed E-state index contributed by atoms with van der Waals surface area (Å²) in [6, 6.07) is 19.1. The van der Waals surface area contributed by atoms with E-state index in [0.717, 1.165) is 85.7 Å². The Morgan fingerprint density at radius 3 is 2.12 bits per heavy atom. The molecule has 13 heteroatoms. The van der Waals surface area contributed by atoms with E-state index in [0.29, 0.717) is 59.5 Å². The van der Waals surface area contributed by atoms with Gasteiger partial charge in [0.05, 0.1) is 21.7 Å².